The van der Waals surface area contributed by atoms with E-state index < -0.39 is 24.3 Å². The van der Waals surface area contributed by atoms with Crippen LogP contribution in [0.1, 0.15) is 5.56 Å². The molecule has 2 N–H and O–H groups in total. The van der Waals surface area contributed by atoms with Crippen LogP contribution in [-0.2, 0) is 16.0 Å². The van der Waals surface area contributed by atoms with Crippen LogP contribution in [0.25, 0.3) is 0 Å². The number of hydrogen-bond donors (Lipinski definition) is 2. The van der Waals surface area contributed by atoms with Crippen molar-refractivity contribution >= 4 is 5.97 Å². The van der Waals surface area contributed by atoms with E-state index in [1.165, 1.54) is 0 Å². The normalized spacial score (nSPS) is 27.9. The van der Waals surface area contributed by atoms with Gasteiger partial charge in [-0.05, 0) is 17.7 Å². The van der Waals surface area contributed by atoms with E-state index in [0.717, 1.165) is 11.3 Å². The van der Waals surface area contributed by atoms with Crippen molar-refractivity contribution in [1.29, 1.82) is 0 Å². The Morgan fingerprint density at radius 1 is 1.29 bits per heavy atom. The minimum absolute atomic E-state index is 0.369. The number of methoxy groups -OCH3 is 1. The molecule has 17 heavy (non-hydrogen) atoms. The highest BCUT2D eigenvalue weighted by Gasteiger charge is 2.42. The third-order valence-corrected chi connectivity index (χ3v) is 2.81. The van der Waals surface area contributed by atoms with Gasteiger partial charge >= 0.3 is 5.97 Å². The molecule has 5 heteroatoms. The van der Waals surface area contributed by atoms with Gasteiger partial charge in [0.25, 0.3) is 0 Å². The summed E-state index contributed by atoms with van der Waals surface area (Å²) in [7, 11) is 1.58. The van der Waals surface area contributed by atoms with E-state index >= 15 is 0 Å². The van der Waals surface area contributed by atoms with Crippen molar-refractivity contribution < 1.29 is 24.5 Å². The van der Waals surface area contributed by atoms with Gasteiger partial charge in [0.2, 0.25) is 0 Å². The zero-order valence-corrected chi connectivity index (χ0v) is 9.37. The number of aliphatic hydroxyl groups is 2. The molecule has 1 saturated heterocycles. The summed E-state index contributed by atoms with van der Waals surface area (Å²) in [6.45, 7) is 0. The summed E-state index contributed by atoms with van der Waals surface area (Å²) in [5.74, 6) is -0.0336. The topological polar surface area (TPSA) is 76.0 Å². The van der Waals surface area contributed by atoms with E-state index in [1.54, 1.807) is 19.2 Å². The molecule has 0 aromatic heterocycles. The Labute approximate surface area is 98.6 Å². The van der Waals surface area contributed by atoms with Gasteiger partial charge in [-0.3, -0.25) is 0 Å². The number of hydrogen-bond acceptors (Lipinski definition) is 5. The largest absolute Gasteiger partial charge is 0.497 e. The predicted molar refractivity (Wildman–Crippen MR) is 58.6 cm³/mol. The van der Waals surface area contributed by atoms with Gasteiger partial charge in [0.1, 0.15) is 18.0 Å². The van der Waals surface area contributed by atoms with Crippen LogP contribution in [0, 0.1) is 0 Å². The third-order valence-electron chi connectivity index (χ3n) is 2.81. The van der Waals surface area contributed by atoms with E-state index in [9.17, 15) is 15.0 Å². The maximum Gasteiger partial charge on any atom is 0.338 e. The molecule has 0 saturated carbocycles. The Bertz CT molecular complexity index is 400. The third kappa shape index (κ3) is 2.40. The van der Waals surface area contributed by atoms with Gasteiger partial charge in [-0.25, -0.2) is 4.79 Å². The summed E-state index contributed by atoms with van der Waals surface area (Å²) in [6, 6.07) is 7.22. The first-order chi connectivity index (χ1) is 8.11. The number of esters is 1. The highest BCUT2D eigenvalue weighted by atomic mass is 16.6. The first-order valence-electron chi connectivity index (χ1n) is 5.31. The molecule has 92 valence electrons. The molecule has 1 aliphatic rings. The summed E-state index contributed by atoms with van der Waals surface area (Å²) in [5.41, 5.74) is 0.900. The van der Waals surface area contributed by atoms with E-state index in [-0.39, 0.29) is 0 Å². The second kappa shape index (κ2) is 4.73. The number of carbonyl (C=O) groups is 1. The molecule has 1 aromatic rings. The lowest BCUT2D eigenvalue weighted by molar-refractivity contribution is -0.147. The van der Waals surface area contributed by atoms with Crippen molar-refractivity contribution in [2.75, 3.05) is 7.11 Å². The lowest BCUT2D eigenvalue weighted by atomic mass is 10.0. The summed E-state index contributed by atoms with van der Waals surface area (Å²) < 4.78 is 9.90. The van der Waals surface area contributed by atoms with Crippen LogP contribution in [0.2, 0.25) is 0 Å². The first kappa shape index (κ1) is 11.9. The number of carbonyl (C=O) groups excluding carboxylic acids is 1. The van der Waals surface area contributed by atoms with Gasteiger partial charge in [-0.15, -0.1) is 0 Å². The number of aliphatic hydroxyl groups excluding tert-OH is 2. The van der Waals surface area contributed by atoms with E-state index in [4.69, 9.17) is 9.47 Å². The Balaban J connectivity index is 2.03. The number of benzene rings is 1. The fourth-order valence-electron chi connectivity index (χ4n) is 1.79. The van der Waals surface area contributed by atoms with Crippen LogP contribution >= 0.6 is 0 Å². The molecule has 1 aromatic carbocycles. The molecule has 5 nitrogen and oxygen atoms in total. The zero-order chi connectivity index (χ0) is 12.4. The standard InChI is InChI=1S/C12H14O5/c1-16-8-4-2-7(3-5-8)6-9-10(13)11(14)12(15)17-9/h2-5,9-11,13-14H,6H2,1H3/t9-,10-,11+/m0/s1. The maximum absolute atomic E-state index is 11.0. The lowest BCUT2D eigenvalue weighted by Crippen LogP contribution is -2.32. The van der Waals surface area contributed by atoms with Gasteiger partial charge < -0.3 is 19.7 Å². The average Bonchev–Trinajstić information content (AvgIpc) is 2.58. The van der Waals surface area contributed by atoms with Gasteiger partial charge in [-0.1, -0.05) is 12.1 Å². The van der Waals surface area contributed by atoms with Crippen molar-refractivity contribution in [2.24, 2.45) is 0 Å². The van der Waals surface area contributed by atoms with Crippen LogP contribution in [0.5, 0.6) is 5.75 Å². The molecule has 1 heterocycles. The van der Waals surface area contributed by atoms with Crippen molar-refractivity contribution in [3.63, 3.8) is 0 Å². The van der Waals surface area contributed by atoms with Crippen LogP contribution in [0.3, 0.4) is 0 Å². The molecule has 0 bridgehead atoms. The van der Waals surface area contributed by atoms with Crippen LogP contribution in [0.4, 0.5) is 0 Å². The van der Waals surface area contributed by atoms with Crippen LogP contribution in [-0.4, -0.2) is 41.6 Å². The molecular formula is C12H14O5. The second-order valence-electron chi connectivity index (χ2n) is 3.96. The molecule has 0 unspecified atom stereocenters. The van der Waals surface area contributed by atoms with Crippen LogP contribution < -0.4 is 4.74 Å². The summed E-state index contributed by atoms with van der Waals surface area (Å²) >= 11 is 0. The minimum Gasteiger partial charge on any atom is -0.497 e. The lowest BCUT2D eigenvalue weighted by Gasteiger charge is -2.13. The van der Waals surface area contributed by atoms with Gasteiger partial charge in [0, 0.05) is 6.42 Å². The Kier molecular flexibility index (Phi) is 3.31. The Morgan fingerprint density at radius 2 is 1.94 bits per heavy atom. The highest BCUT2D eigenvalue weighted by molar-refractivity contribution is 5.77. The Morgan fingerprint density at radius 3 is 2.41 bits per heavy atom. The monoisotopic (exact) mass is 238 g/mol. The smallest absolute Gasteiger partial charge is 0.338 e. The second-order valence-corrected chi connectivity index (χ2v) is 3.96. The summed E-state index contributed by atoms with van der Waals surface area (Å²) in [5, 5.41) is 18.8. The fourth-order valence-corrected chi connectivity index (χ4v) is 1.79. The maximum atomic E-state index is 11.0. The van der Waals surface area contributed by atoms with Crippen LogP contribution in [0.15, 0.2) is 24.3 Å². The van der Waals surface area contributed by atoms with E-state index in [2.05, 4.69) is 0 Å². The zero-order valence-electron chi connectivity index (χ0n) is 9.37. The van der Waals surface area contributed by atoms with Gasteiger partial charge in [0.05, 0.1) is 7.11 Å². The molecule has 1 fully saturated rings. The van der Waals surface area contributed by atoms with Crippen molar-refractivity contribution in [3.8, 4) is 5.75 Å². The summed E-state index contributed by atoms with van der Waals surface area (Å²) in [4.78, 5) is 11.0. The highest BCUT2D eigenvalue weighted by Crippen LogP contribution is 2.21. The molecule has 2 rings (SSSR count). The molecular weight excluding hydrogens is 224 g/mol. The minimum atomic E-state index is -1.43. The fraction of sp³-hybridized carbons (Fsp3) is 0.417. The molecule has 0 aliphatic carbocycles. The molecule has 0 amide bonds. The predicted octanol–water partition coefficient (Wildman–Crippen LogP) is -0.115. The van der Waals surface area contributed by atoms with E-state index in [0.29, 0.717) is 6.42 Å². The first-order valence-corrected chi connectivity index (χ1v) is 5.31. The van der Waals surface area contributed by atoms with Crippen molar-refractivity contribution in [1.82, 2.24) is 0 Å². The number of rotatable bonds is 3. The number of cyclic esters (lactones) is 1. The molecule has 0 radical (unpaired) electrons. The molecule has 3 atom stereocenters. The quantitative estimate of drug-likeness (QED) is 0.718. The van der Waals surface area contributed by atoms with E-state index in [1.807, 2.05) is 12.1 Å². The Hall–Kier alpha value is -1.59. The SMILES string of the molecule is COc1ccc(C[C@@H]2OC(=O)[C@H](O)[C@H]2O)cc1. The average molecular weight is 238 g/mol. The summed E-state index contributed by atoms with van der Waals surface area (Å²) in [6.07, 6.45) is -2.91. The van der Waals surface area contributed by atoms with Crippen molar-refractivity contribution in [2.45, 2.75) is 24.7 Å². The van der Waals surface area contributed by atoms with Crippen molar-refractivity contribution in [3.05, 3.63) is 29.8 Å². The van der Waals surface area contributed by atoms with Gasteiger partial charge in [-0.2, -0.15) is 0 Å². The number of ether oxygens (including phenoxy) is 2. The molecule has 1 aliphatic heterocycles. The van der Waals surface area contributed by atoms with Gasteiger partial charge in [0.15, 0.2) is 6.10 Å². The molecule has 0 spiro atoms.